The number of hydrogen-bond donors (Lipinski definition) is 2. The van der Waals surface area contributed by atoms with Crippen molar-refractivity contribution in [3.05, 3.63) is 46.6 Å². The largest absolute Gasteiger partial charge is 0.495 e. The molecule has 0 spiro atoms. The summed E-state index contributed by atoms with van der Waals surface area (Å²) in [5.41, 5.74) is 0.953. The van der Waals surface area contributed by atoms with E-state index >= 15 is 0 Å². The van der Waals surface area contributed by atoms with Crippen LogP contribution in [0.1, 0.15) is 10.4 Å². The zero-order valence-electron chi connectivity index (χ0n) is 10.1. The molecule has 2 aromatic rings. The first-order chi connectivity index (χ1) is 9.10. The number of halogens is 1. The van der Waals surface area contributed by atoms with Crippen LogP contribution in [0.25, 0.3) is 0 Å². The van der Waals surface area contributed by atoms with Gasteiger partial charge in [0, 0.05) is 18.0 Å². The first-order valence-electron chi connectivity index (χ1n) is 5.40. The maximum Gasteiger partial charge on any atom is 0.337 e. The molecular weight excluding hydrogens is 312 g/mol. The summed E-state index contributed by atoms with van der Waals surface area (Å²) in [6.07, 6.45) is 1.31. The molecule has 0 atom stereocenters. The number of carboxylic acids is 1. The lowest BCUT2D eigenvalue weighted by Gasteiger charge is -2.09. The molecule has 0 unspecified atom stereocenters. The highest BCUT2D eigenvalue weighted by molar-refractivity contribution is 9.10. The average Bonchev–Trinajstić information content (AvgIpc) is 2.41. The van der Waals surface area contributed by atoms with Crippen molar-refractivity contribution in [2.45, 2.75) is 0 Å². The summed E-state index contributed by atoms with van der Waals surface area (Å²) in [5, 5.41) is 11.8. The number of carbonyl (C=O) groups is 1. The van der Waals surface area contributed by atoms with E-state index in [1.807, 2.05) is 18.2 Å². The molecule has 1 aromatic heterocycles. The van der Waals surface area contributed by atoms with Crippen molar-refractivity contribution >= 4 is 33.4 Å². The number of nitrogens with one attached hydrogen (secondary N) is 1. The fourth-order valence-electron chi connectivity index (χ4n) is 1.48. The number of aromatic nitrogens is 1. The number of nitrogens with zero attached hydrogens (tertiary/aromatic N) is 1. The van der Waals surface area contributed by atoms with Crippen molar-refractivity contribution in [2.75, 3.05) is 12.4 Å². The van der Waals surface area contributed by atoms with E-state index in [1.165, 1.54) is 12.3 Å². The second-order valence-electron chi connectivity index (χ2n) is 3.71. The van der Waals surface area contributed by atoms with Crippen LogP contribution in [0.4, 0.5) is 11.5 Å². The minimum absolute atomic E-state index is 0.152. The first kappa shape index (κ1) is 13.4. The van der Waals surface area contributed by atoms with Gasteiger partial charge in [-0.2, -0.15) is 0 Å². The number of benzene rings is 1. The van der Waals surface area contributed by atoms with Crippen LogP contribution in [-0.4, -0.2) is 23.2 Å². The molecule has 0 aliphatic heterocycles. The zero-order valence-corrected chi connectivity index (χ0v) is 11.6. The Bertz CT molecular complexity index is 599. The van der Waals surface area contributed by atoms with Crippen LogP contribution >= 0.6 is 15.9 Å². The minimum atomic E-state index is -0.996. The second kappa shape index (κ2) is 5.71. The summed E-state index contributed by atoms with van der Waals surface area (Å²) >= 11 is 3.37. The number of ether oxygens (including phenoxy) is 1. The van der Waals surface area contributed by atoms with Crippen LogP contribution in [0.2, 0.25) is 0 Å². The average molecular weight is 323 g/mol. The Kier molecular flexibility index (Phi) is 4.01. The van der Waals surface area contributed by atoms with Gasteiger partial charge in [0.25, 0.3) is 0 Å². The third-order valence-corrected chi connectivity index (χ3v) is 3.09. The van der Waals surface area contributed by atoms with E-state index in [-0.39, 0.29) is 5.56 Å². The van der Waals surface area contributed by atoms with Gasteiger partial charge < -0.3 is 15.2 Å². The zero-order chi connectivity index (χ0) is 13.8. The lowest BCUT2D eigenvalue weighted by molar-refractivity contribution is 0.0696. The van der Waals surface area contributed by atoms with Crippen LogP contribution in [0.15, 0.2) is 41.0 Å². The Morgan fingerprint density at radius 1 is 1.37 bits per heavy atom. The molecule has 1 aromatic carbocycles. The Hall–Kier alpha value is -2.08. The Morgan fingerprint density at radius 3 is 2.74 bits per heavy atom. The molecular formula is C13H11BrN2O3. The number of carboxylic acid groups (broad SMARTS) is 1. The highest BCUT2D eigenvalue weighted by Gasteiger charge is 2.05. The van der Waals surface area contributed by atoms with Crippen molar-refractivity contribution < 1.29 is 14.6 Å². The molecule has 0 fully saturated rings. The molecule has 0 saturated carbocycles. The van der Waals surface area contributed by atoms with Crippen molar-refractivity contribution in [3.8, 4) is 5.75 Å². The van der Waals surface area contributed by atoms with Gasteiger partial charge in [0.15, 0.2) is 0 Å². The predicted octanol–water partition coefficient (Wildman–Crippen LogP) is 3.29. The molecule has 6 heteroatoms. The van der Waals surface area contributed by atoms with E-state index in [0.717, 1.165) is 10.2 Å². The van der Waals surface area contributed by atoms with Gasteiger partial charge in [0.2, 0.25) is 0 Å². The summed E-state index contributed by atoms with van der Waals surface area (Å²) < 4.78 is 6.05. The van der Waals surface area contributed by atoms with E-state index in [9.17, 15) is 4.79 Å². The minimum Gasteiger partial charge on any atom is -0.495 e. The highest BCUT2D eigenvalue weighted by atomic mass is 79.9. The fraction of sp³-hybridized carbons (Fsp3) is 0.0769. The van der Waals surface area contributed by atoms with E-state index in [1.54, 1.807) is 13.2 Å². The van der Waals surface area contributed by atoms with Gasteiger partial charge in [0.05, 0.1) is 17.1 Å². The van der Waals surface area contributed by atoms with Crippen molar-refractivity contribution in [3.63, 3.8) is 0 Å². The second-order valence-corrected chi connectivity index (χ2v) is 4.57. The van der Waals surface area contributed by atoms with Crippen molar-refractivity contribution in [1.29, 1.82) is 0 Å². The molecule has 0 amide bonds. The van der Waals surface area contributed by atoms with Crippen LogP contribution in [0.3, 0.4) is 0 Å². The van der Waals surface area contributed by atoms with Gasteiger partial charge in [-0.05, 0) is 40.2 Å². The van der Waals surface area contributed by atoms with Gasteiger partial charge in [0.1, 0.15) is 11.6 Å². The number of aromatic carboxylic acids is 1. The topological polar surface area (TPSA) is 71.5 Å². The van der Waals surface area contributed by atoms with Gasteiger partial charge in [-0.25, -0.2) is 9.78 Å². The maximum atomic E-state index is 10.7. The molecule has 5 nitrogen and oxygen atoms in total. The van der Waals surface area contributed by atoms with Crippen LogP contribution in [0.5, 0.6) is 5.75 Å². The number of hydrogen-bond acceptors (Lipinski definition) is 4. The number of methoxy groups -OCH3 is 1. The standard InChI is InChI=1S/C13H11BrN2O3/c1-19-11-6-9(3-4-10(11)14)16-12-5-2-8(7-15-12)13(17)18/h2-7H,1H3,(H,15,16)(H,17,18). The van der Waals surface area contributed by atoms with Gasteiger partial charge in [-0.15, -0.1) is 0 Å². The predicted molar refractivity (Wildman–Crippen MR) is 75.2 cm³/mol. The SMILES string of the molecule is COc1cc(Nc2ccc(C(=O)O)cn2)ccc1Br. The van der Waals surface area contributed by atoms with E-state index in [2.05, 4.69) is 26.2 Å². The fourth-order valence-corrected chi connectivity index (χ4v) is 1.89. The monoisotopic (exact) mass is 322 g/mol. The summed E-state index contributed by atoms with van der Waals surface area (Å²) in [6, 6.07) is 8.63. The normalized spacial score (nSPS) is 10.0. The van der Waals surface area contributed by atoms with Gasteiger partial charge in [-0.1, -0.05) is 0 Å². The lowest BCUT2D eigenvalue weighted by atomic mass is 10.2. The molecule has 0 radical (unpaired) electrons. The van der Waals surface area contributed by atoms with Crippen molar-refractivity contribution in [2.24, 2.45) is 0 Å². The molecule has 98 valence electrons. The third-order valence-electron chi connectivity index (χ3n) is 2.43. The summed E-state index contributed by atoms with van der Waals surface area (Å²) in [5.74, 6) is 0.269. The van der Waals surface area contributed by atoms with Crippen molar-refractivity contribution in [1.82, 2.24) is 4.98 Å². The molecule has 0 saturated heterocycles. The lowest BCUT2D eigenvalue weighted by Crippen LogP contribution is -1.99. The van der Waals surface area contributed by atoms with Crippen LogP contribution in [0, 0.1) is 0 Å². The molecule has 0 bridgehead atoms. The highest BCUT2D eigenvalue weighted by Crippen LogP contribution is 2.28. The first-order valence-corrected chi connectivity index (χ1v) is 6.19. The number of anilines is 2. The number of rotatable bonds is 4. The van der Waals surface area contributed by atoms with E-state index in [4.69, 9.17) is 9.84 Å². The van der Waals surface area contributed by atoms with E-state index < -0.39 is 5.97 Å². The molecule has 2 rings (SSSR count). The Balaban J connectivity index is 2.19. The Morgan fingerprint density at radius 2 is 2.16 bits per heavy atom. The Labute approximate surface area is 118 Å². The third kappa shape index (κ3) is 3.23. The maximum absolute atomic E-state index is 10.7. The van der Waals surface area contributed by atoms with Crippen LogP contribution < -0.4 is 10.1 Å². The smallest absolute Gasteiger partial charge is 0.337 e. The summed E-state index contributed by atoms with van der Waals surface area (Å²) in [7, 11) is 1.59. The molecule has 0 aliphatic rings. The van der Waals surface area contributed by atoms with E-state index in [0.29, 0.717) is 11.6 Å². The molecule has 1 heterocycles. The molecule has 2 N–H and O–H groups in total. The molecule has 0 aliphatic carbocycles. The summed E-state index contributed by atoms with van der Waals surface area (Å²) in [4.78, 5) is 14.7. The summed E-state index contributed by atoms with van der Waals surface area (Å²) in [6.45, 7) is 0. The van der Waals surface area contributed by atoms with Crippen LogP contribution in [-0.2, 0) is 0 Å². The molecule has 19 heavy (non-hydrogen) atoms. The van der Waals surface area contributed by atoms with Gasteiger partial charge >= 0.3 is 5.97 Å². The number of pyridine rings is 1. The quantitative estimate of drug-likeness (QED) is 0.903. The van der Waals surface area contributed by atoms with Gasteiger partial charge in [-0.3, -0.25) is 0 Å².